The Morgan fingerprint density at radius 3 is 0.930 bits per heavy atom. The van der Waals surface area contributed by atoms with Crippen LogP contribution in [0.25, 0.3) is 0 Å². The largest absolute Gasteiger partial charge is 0.756 e. The van der Waals surface area contributed by atoms with Crippen molar-refractivity contribution in [1.82, 2.24) is 0 Å². The molecule has 0 fully saturated rings. The zero-order valence-corrected chi connectivity index (χ0v) is 58.9. The van der Waals surface area contributed by atoms with E-state index >= 15 is 0 Å². The molecule has 0 radical (unpaired) electrons. The van der Waals surface area contributed by atoms with Crippen molar-refractivity contribution in [2.75, 3.05) is 47.5 Å². The number of carbonyl (C=O) groups is 2. The van der Waals surface area contributed by atoms with Crippen LogP contribution in [0.1, 0.15) is 386 Å². The van der Waals surface area contributed by atoms with Gasteiger partial charge in [-0.1, -0.05) is 339 Å². The van der Waals surface area contributed by atoms with Gasteiger partial charge in [0.1, 0.15) is 19.8 Å². The van der Waals surface area contributed by atoms with E-state index in [9.17, 15) is 19.0 Å². The SMILES string of the molecule is CCCCCCC/C=C\C/C=C\CCCCCCCCCCCCCCCC(=O)OC(COC(=O)CCCCCCCCCCCCCCCCCCCCCCCCCCC/C=C\CCCCCCCCCC)COP(=O)([O-])OCC[N+](C)(C)C. The zero-order chi connectivity index (χ0) is 62.6. The molecule has 0 bridgehead atoms. The summed E-state index contributed by atoms with van der Waals surface area (Å²) in [4.78, 5) is 38.1. The topological polar surface area (TPSA) is 111 Å². The Kier molecular flexibility index (Phi) is 66.2. The van der Waals surface area contributed by atoms with Crippen LogP contribution in [0, 0.1) is 0 Å². The van der Waals surface area contributed by atoms with Crippen LogP contribution in [0.15, 0.2) is 36.5 Å². The highest BCUT2D eigenvalue weighted by atomic mass is 31.2. The first-order chi connectivity index (χ1) is 42.0. The van der Waals surface area contributed by atoms with Gasteiger partial charge in [-0.25, -0.2) is 0 Å². The number of hydrogen-bond acceptors (Lipinski definition) is 8. The predicted octanol–water partition coefficient (Wildman–Crippen LogP) is 24.0. The molecule has 0 spiro atoms. The van der Waals surface area contributed by atoms with Crippen LogP contribution in [0.2, 0.25) is 0 Å². The highest BCUT2D eigenvalue weighted by Crippen LogP contribution is 2.38. The average Bonchev–Trinajstić information content (AvgIpc) is 3.70. The molecule has 0 aromatic rings. The molecule has 0 aromatic heterocycles. The van der Waals surface area contributed by atoms with Gasteiger partial charge in [0.05, 0.1) is 27.7 Å². The second-order valence-corrected chi connectivity index (χ2v) is 28.4. The molecule has 0 saturated heterocycles. The Morgan fingerprint density at radius 2 is 0.628 bits per heavy atom. The molecule has 0 heterocycles. The van der Waals surface area contributed by atoms with Crippen molar-refractivity contribution < 1.29 is 42.1 Å². The van der Waals surface area contributed by atoms with E-state index in [0.717, 1.165) is 44.9 Å². The van der Waals surface area contributed by atoms with Crippen molar-refractivity contribution in [3.05, 3.63) is 36.5 Å². The van der Waals surface area contributed by atoms with E-state index in [0.29, 0.717) is 17.4 Å². The Bertz CT molecular complexity index is 1540. The van der Waals surface area contributed by atoms with Crippen LogP contribution in [-0.2, 0) is 32.7 Å². The molecule has 2 unspecified atom stereocenters. The van der Waals surface area contributed by atoms with Crippen LogP contribution < -0.4 is 4.89 Å². The van der Waals surface area contributed by atoms with Gasteiger partial charge in [-0.3, -0.25) is 14.2 Å². The molecule has 0 N–H and O–H groups in total. The van der Waals surface area contributed by atoms with E-state index in [1.54, 1.807) is 0 Å². The fraction of sp³-hybridized carbons (Fsp3) is 0.895. The van der Waals surface area contributed by atoms with Gasteiger partial charge in [0.25, 0.3) is 7.82 Å². The van der Waals surface area contributed by atoms with Crippen LogP contribution in [0.3, 0.4) is 0 Å². The van der Waals surface area contributed by atoms with Gasteiger partial charge < -0.3 is 27.9 Å². The normalized spacial score (nSPS) is 13.2. The quantitative estimate of drug-likeness (QED) is 0.0195. The number of phosphoric acid groups is 1. The highest BCUT2D eigenvalue weighted by molar-refractivity contribution is 7.45. The van der Waals surface area contributed by atoms with Crippen molar-refractivity contribution in [3.63, 3.8) is 0 Å². The molecule has 0 rings (SSSR count). The average molecular weight is 1230 g/mol. The Hall–Kier alpha value is -1.77. The van der Waals surface area contributed by atoms with Gasteiger partial charge in [-0.05, 0) is 70.6 Å². The Morgan fingerprint density at radius 1 is 0.360 bits per heavy atom. The molecule has 0 saturated carbocycles. The van der Waals surface area contributed by atoms with Crippen molar-refractivity contribution >= 4 is 19.8 Å². The lowest BCUT2D eigenvalue weighted by Gasteiger charge is -2.28. The maximum Gasteiger partial charge on any atom is 0.306 e. The number of unbranched alkanes of at least 4 members (excludes halogenated alkanes) is 51. The number of quaternary nitrogens is 1. The minimum absolute atomic E-state index is 0.0284. The maximum atomic E-state index is 12.9. The fourth-order valence-corrected chi connectivity index (χ4v) is 12.1. The van der Waals surface area contributed by atoms with Gasteiger partial charge in [0.2, 0.25) is 0 Å². The third kappa shape index (κ3) is 71.3. The molecule has 0 amide bonds. The lowest BCUT2D eigenvalue weighted by molar-refractivity contribution is -0.870. The maximum absolute atomic E-state index is 12.9. The minimum atomic E-state index is -4.64. The first-order valence-corrected chi connectivity index (χ1v) is 39.2. The number of ether oxygens (including phenoxy) is 2. The number of phosphoric ester groups is 1. The summed E-state index contributed by atoms with van der Waals surface area (Å²) in [5, 5.41) is 0. The molecular formula is C76H146NO8P. The zero-order valence-electron chi connectivity index (χ0n) is 58.0. The highest BCUT2D eigenvalue weighted by Gasteiger charge is 2.22. The molecular weight excluding hydrogens is 1090 g/mol. The molecule has 2 atom stereocenters. The Balaban J connectivity index is 3.92. The fourth-order valence-electron chi connectivity index (χ4n) is 11.3. The summed E-state index contributed by atoms with van der Waals surface area (Å²) >= 11 is 0. The standard InChI is InChI=1S/C76H146NO8P/c1-6-8-10-12-14-16-18-20-22-24-26-28-30-32-33-34-35-36-37-38-39-40-41-42-43-45-46-48-50-52-54-56-58-60-62-64-66-68-75(78)82-72-74(73-84-86(80,81)83-71-70-77(3,4)5)85-76(79)69-67-65-63-61-59-57-55-53-51-49-47-44-31-29-27-25-23-21-19-17-15-13-11-9-7-2/h19,21,24-27,74H,6-18,20,22-23,28-73H2,1-5H3/b21-19-,26-24-,27-25-. The van der Waals surface area contributed by atoms with Crippen molar-refractivity contribution in [3.8, 4) is 0 Å². The number of rotatable bonds is 71. The van der Waals surface area contributed by atoms with E-state index in [4.69, 9.17) is 18.5 Å². The van der Waals surface area contributed by atoms with Crippen molar-refractivity contribution in [2.24, 2.45) is 0 Å². The van der Waals surface area contributed by atoms with Crippen LogP contribution in [0.5, 0.6) is 0 Å². The summed E-state index contributed by atoms with van der Waals surface area (Å²) in [6.45, 7) is 4.30. The number of likely N-dealkylation sites (N-methyl/N-ethyl adjacent to an activating group) is 1. The summed E-state index contributed by atoms with van der Waals surface area (Å²) in [6, 6.07) is 0. The number of carbonyl (C=O) groups excluding carboxylic acids is 2. The van der Waals surface area contributed by atoms with Crippen molar-refractivity contribution in [2.45, 2.75) is 392 Å². The summed E-state index contributed by atoms with van der Waals surface area (Å²) in [5.74, 6) is -0.813. The molecule has 9 nitrogen and oxygen atoms in total. The van der Waals surface area contributed by atoms with Gasteiger partial charge in [-0.2, -0.15) is 0 Å². The summed E-state index contributed by atoms with van der Waals surface area (Å²) in [7, 11) is 1.19. The van der Waals surface area contributed by atoms with E-state index in [1.165, 1.54) is 308 Å². The summed E-state index contributed by atoms with van der Waals surface area (Å²) in [5.41, 5.74) is 0. The van der Waals surface area contributed by atoms with Gasteiger partial charge >= 0.3 is 11.9 Å². The van der Waals surface area contributed by atoms with E-state index in [1.807, 2.05) is 21.1 Å². The lowest BCUT2D eigenvalue weighted by Crippen LogP contribution is -2.37. The van der Waals surface area contributed by atoms with Gasteiger partial charge in [0, 0.05) is 12.8 Å². The first kappa shape index (κ1) is 84.2. The monoisotopic (exact) mass is 1230 g/mol. The second-order valence-electron chi connectivity index (χ2n) is 27.0. The van der Waals surface area contributed by atoms with E-state index < -0.39 is 26.5 Å². The van der Waals surface area contributed by atoms with Crippen molar-refractivity contribution in [1.29, 1.82) is 0 Å². The molecule has 86 heavy (non-hydrogen) atoms. The number of esters is 2. The smallest absolute Gasteiger partial charge is 0.306 e. The number of allylic oxidation sites excluding steroid dienone is 6. The molecule has 0 aromatic carbocycles. The third-order valence-electron chi connectivity index (χ3n) is 17.1. The summed E-state index contributed by atoms with van der Waals surface area (Å²) < 4.78 is 34.4. The number of nitrogens with zero attached hydrogens (tertiary/aromatic N) is 1. The van der Waals surface area contributed by atoms with Gasteiger partial charge in [0.15, 0.2) is 6.10 Å². The van der Waals surface area contributed by atoms with E-state index in [2.05, 4.69) is 50.3 Å². The van der Waals surface area contributed by atoms with Crippen LogP contribution in [0.4, 0.5) is 0 Å². The first-order valence-electron chi connectivity index (χ1n) is 37.7. The molecule has 10 heteroatoms. The van der Waals surface area contributed by atoms with Crippen LogP contribution >= 0.6 is 7.82 Å². The summed E-state index contributed by atoms with van der Waals surface area (Å²) in [6.07, 6.45) is 86.8. The number of hydrogen-bond donors (Lipinski definition) is 0. The van der Waals surface area contributed by atoms with Gasteiger partial charge in [-0.15, -0.1) is 0 Å². The third-order valence-corrected chi connectivity index (χ3v) is 18.1. The predicted molar refractivity (Wildman–Crippen MR) is 370 cm³/mol. The molecule has 0 aliphatic rings. The Labute approximate surface area is 535 Å². The minimum Gasteiger partial charge on any atom is -0.756 e. The molecule has 0 aliphatic heterocycles. The lowest BCUT2D eigenvalue weighted by atomic mass is 10.0. The second kappa shape index (κ2) is 67.6. The molecule has 508 valence electrons. The molecule has 0 aliphatic carbocycles. The van der Waals surface area contributed by atoms with E-state index in [-0.39, 0.29) is 32.0 Å². The van der Waals surface area contributed by atoms with Crippen LogP contribution in [-0.4, -0.2) is 70.0 Å².